The molecular weight excluding hydrogens is 408 g/mol. The van der Waals surface area contributed by atoms with E-state index in [0.717, 1.165) is 12.1 Å². The van der Waals surface area contributed by atoms with Crippen molar-refractivity contribution in [2.45, 2.75) is 15.5 Å². The highest BCUT2D eigenvalue weighted by Crippen LogP contribution is 2.25. The molecule has 0 aromatic heterocycles. The Bertz CT molecular complexity index is 1240. The first-order valence-corrected chi connectivity index (χ1v) is 11.2. The van der Waals surface area contributed by atoms with Crippen LogP contribution in [0, 0.1) is 11.6 Å². The molecule has 0 amide bonds. The van der Waals surface area contributed by atoms with E-state index in [4.69, 9.17) is 5.14 Å². The van der Waals surface area contributed by atoms with E-state index in [9.17, 15) is 25.6 Å². The van der Waals surface area contributed by atoms with E-state index in [1.165, 1.54) is 54.6 Å². The van der Waals surface area contributed by atoms with Crippen molar-refractivity contribution < 1.29 is 25.6 Å². The lowest BCUT2D eigenvalue weighted by molar-refractivity contribution is 0.509. The summed E-state index contributed by atoms with van der Waals surface area (Å²) in [5, 5.41) is 5.07. The number of sulfone groups is 1. The molecule has 0 heterocycles. The molecule has 5 nitrogen and oxygen atoms in total. The van der Waals surface area contributed by atoms with Crippen LogP contribution in [0.1, 0.15) is 5.56 Å². The number of hydrogen-bond acceptors (Lipinski definition) is 4. The molecule has 0 unspecified atom stereocenters. The molecule has 0 saturated heterocycles. The van der Waals surface area contributed by atoms with Crippen LogP contribution in [0.3, 0.4) is 0 Å². The van der Waals surface area contributed by atoms with Crippen LogP contribution in [0.25, 0.3) is 11.1 Å². The van der Waals surface area contributed by atoms with Crippen LogP contribution in [-0.4, -0.2) is 16.8 Å². The maximum Gasteiger partial charge on any atom is 0.238 e. The summed E-state index contributed by atoms with van der Waals surface area (Å²) in [6.07, 6.45) is 0. The Labute approximate surface area is 161 Å². The highest BCUT2D eigenvalue weighted by atomic mass is 32.2. The van der Waals surface area contributed by atoms with Gasteiger partial charge in [0.25, 0.3) is 0 Å². The molecule has 3 aromatic rings. The first kappa shape index (κ1) is 20.1. The van der Waals surface area contributed by atoms with Crippen LogP contribution in [0.2, 0.25) is 0 Å². The number of primary sulfonamides is 1. The minimum atomic E-state index is -3.94. The van der Waals surface area contributed by atoms with Crippen molar-refractivity contribution in [2.24, 2.45) is 5.14 Å². The Hall–Kier alpha value is -2.62. The lowest BCUT2D eigenvalue weighted by atomic mass is 10.1. The van der Waals surface area contributed by atoms with Gasteiger partial charge in [0, 0.05) is 0 Å². The molecule has 2 N–H and O–H groups in total. The van der Waals surface area contributed by atoms with Gasteiger partial charge in [-0.15, -0.1) is 0 Å². The molecule has 0 radical (unpaired) electrons. The summed E-state index contributed by atoms with van der Waals surface area (Å²) in [5.74, 6) is -2.38. The van der Waals surface area contributed by atoms with E-state index in [1.54, 1.807) is 0 Å². The van der Waals surface area contributed by atoms with Crippen LogP contribution in [-0.2, 0) is 25.6 Å². The Morgan fingerprint density at radius 1 is 0.714 bits per heavy atom. The number of benzene rings is 3. The summed E-state index contributed by atoms with van der Waals surface area (Å²) in [4.78, 5) is -0.159. The van der Waals surface area contributed by atoms with Gasteiger partial charge in [0.1, 0.15) is 0 Å². The number of hydrogen-bond donors (Lipinski definition) is 1. The lowest BCUT2D eigenvalue weighted by Gasteiger charge is -2.08. The second-order valence-electron chi connectivity index (χ2n) is 6.10. The van der Waals surface area contributed by atoms with Gasteiger partial charge in [-0.2, -0.15) is 0 Å². The van der Waals surface area contributed by atoms with E-state index in [1.807, 2.05) is 0 Å². The fourth-order valence-electron chi connectivity index (χ4n) is 2.65. The first-order chi connectivity index (χ1) is 13.1. The molecule has 9 heteroatoms. The lowest BCUT2D eigenvalue weighted by Crippen LogP contribution is -2.13. The molecule has 0 spiro atoms. The van der Waals surface area contributed by atoms with Gasteiger partial charge < -0.3 is 0 Å². The predicted molar refractivity (Wildman–Crippen MR) is 100 cm³/mol. The standard InChI is InChI=1S/C19H15F2NO4S2/c20-18-9-6-15(11-19(18)21)14-4-7-16(8-5-14)27(23,24)12-13-2-1-3-17(10-13)28(22,25)26/h1-11H,12H2,(H2,22,25,26). The average Bonchev–Trinajstić information content (AvgIpc) is 2.63. The van der Waals surface area contributed by atoms with E-state index < -0.39 is 37.2 Å². The van der Waals surface area contributed by atoms with Gasteiger partial charge in [0.2, 0.25) is 10.0 Å². The molecule has 0 aliphatic heterocycles. The third kappa shape index (κ3) is 4.44. The Balaban J connectivity index is 1.87. The summed E-state index contributed by atoms with van der Waals surface area (Å²) in [7, 11) is -7.70. The molecule has 0 bridgehead atoms. The van der Waals surface area contributed by atoms with Crippen molar-refractivity contribution in [1.82, 2.24) is 0 Å². The second kappa shape index (κ2) is 7.42. The largest absolute Gasteiger partial charge is 0.238 e. The third-order valence-electron chi connectivity index (χ3n) is 4.05. The number of halogens is 2. The van der Waals surface area contributed by atoms with E-state index in [2.05, 4.69) is 0 Å². The quantitative estimate of drug-likeness (QED) is 0.682. The van der Waals surface area contributed by atoms with Gasteiger partial charge in [0.05, 0.1) is 15.5 Å². The summed E-state index contributed by atoms with van der Waals surface area (Å²) < 4.78 is 74.5. The second-order valence-corrected chi connectivity index (χ2v) is 9.66. The minimum Gasteiger partial charge on any atom is -0.225 e. The fraction of sp³-hybridized carbons (Fsp3) is 0.0526. The minimum absolute atomic E-state index is 0.0137. The molecule has 0 aliphatic carbocycles. The van der Waals surface area contributed by atoms with Crippen LogP contribution in [0.4, 0.5) is 8.78 Å². The molecular formula is C19H15F2NO4S2. The maximum absolute atomic E-state index is 13.4. The van der Waals surface area contributed by atoms with Crippen molar-refractivity contribution in [3.05, 3.63) is 83.9 Å². The van der Waals surface area contributed by atoms with Gasteiger partial charge in [-0.25, -0.2) is 30.8 Å². The van der Waals surface area contributed by atoms with Crippen LogP contribution in [0.15, 0.2) is 76.5 Å². The van der Waals surface area contributed by atoms with Crippen molar-refractivity contribution in [1.29, 1.82) is 0 Å². The van der Waals surface area contributed by atoms with Gasteiger partial charge in [-0.05, 0) is 53.1 Å². The van der Waals surface area contributed by atoms with E-state index in [-0.39, 0.29) is 15.4 Å². The van der Waals surface area contributed by atoms with E-state index >= 15 is 0 Å². The summed E-state index contributed by atoms with van der Waals surface area (Å²) in [6.45, 7) is 0. The smallest absolute Gasteiger partial charge is 0.225 e. The number of nitrogens with two attached hydrogens (primary N) is 1. The fourth-order valence-corrected chi connectivity index (χ4v) is 4.57. The monoisotopic (exact) mass is 423 g/mol. The zero-order valence-electron chi connectivity index (χ0n) is 14.3. The Morgan fingerprint density at radius 3 is 1.96 bits per heavy atom. The summed E-state index contributed by atoms with van der Waals surface area (Å²) in [5.41, 5.74) is 1.20. The molecule has 3 aromatic carbocycles. The van der Waals surface area contributed by atoms with Gasteiger partial charge >= 0.3 is 0 Å². The van der Waals surface area contributed by atoms with Gasteiger partial charge in [-0.3, -0.25) is 0 Å². The van der Waals surface area contributed by atoms with Crippen LogP contribution in [0.5, 0.6) is 0 Å². The topological polar surface area (TPSA) is 94.3 Å². The first-order valence-electron chi connectivity index (χ1n) is 7.96. The molecule has 0 fully saturated rings. The molecule has 28 heavy (non-hydrogen) atoms. The molecule has 0 atom stereocenters. The number of sulfonamides is 1. The zero-order valence-corrected chi connectivity index (χ0v) is 16.0. The normalized spacial score (nSPS) is 12.1. The molecule has 3 rings (SSSR count). The average molecular weight is 423 g/mol. The Morgan fingerprint density at radius 2 is 1.36 bits per heavy atom. The van der Waals surface area contributed by atoms with Crippen molar-refractivity contribution >= 4 is 19.9 Å². The number of rotatable bonds is 5. The van der Waals surface area contributed by atoms with Crippen molar-refractivity contribution in [2.75, 3.05) is 0 Å². The SMILES string of the molecule is NS(=O)(=O)c1cccc(CS(=O)(=O)c2ccc(-c3ccc(F)c(F)c3)cc2)c1. The van der Waals surface area contributed by atoms with Gasteiger partial charge in [-0.1, -0.05) is 30.3 Å². The predicted octanol–water partition coefficient (Wildman–Crippen LogP) is 3.25. The van der Waals surface area contributed by atoms with Crippen molar-refractivity contribution in [3.8, 4) is 11.1 Å². The third-order valence-corrected chi connectivity index (χ3v) is 6.66. The van der Waals surface area contributed by atoms with E-state index in [0.29, 0.717) is 11.1 Å². The summed E-state index contributed by atoms with van der Waals surface area (Å²) >= 11 is 0. The maximum atomic E-state index is 13.4. The molecule has 146 valence electrons. The van der Waals surface area contributed by atoms with Crippen molar-refractivity contribution in [3.63, 3.8) is 0 Å². The van der Waals surface area contributed by atoms with Gasteiger partial charge in [0.15, 0.2) is 21.5 Å². The van der Waals surface area contributed by atoms with Crippen LogP contribution < -0.4 is 5.14 Å². The highest BCUT2D eigenvalue weighted by molar-refractivity contribution is 7.90. The highest BCUT2D eigenvalue weighted by Gasteiger charge is 2.17. The summed E-state index contributed by atoms with van der Waals surface area (Å²) in [6, 6.07) is 14.5. The van der Waals surface area contributed by atoms with Crippen LogP contribution >= 0.6 is 0 Å². The molecule has 0 aliphatic rings. The molecule has 0 saturated carbocycles. The zero-order chi connectivity index (χ0) is 20.5. The Kier molecular flexibility index (Phi) is 5.33.